The molecule has 23 heavy (non-hydrogen) atoms. The first kappa shape index (κ1) is 20.7. The van der Waals surface area contributed by atoms with Crippen LogP contribution in [-0.4, -0.2) is 43.9 Å². The molecular weight excluding hydrogens is 336 g/mol. The fourth-order valence-corrected chi connectivity index (χ4v) is 3.45. The molecule has 0 amide bonds. The summed E-state index contributed by atoms with van der Waals surface area (Å²) in [4.78, 5) is 4.86. The fourth-order valence-electron chi connectivity index (χ4n) is 3.04. The van der Waals surface area contributed by atoms with Crippen molar-refractivity contribution in [2.75, 3.05) is 12.5 Å². The van der Waals surface area contributed by atoms with E-state index in [0.717, 1.165) is 6.02 Å². The molecule has 0 heterocycles. The van der Waals surface area contributed by atoms with Gasteiger partial charge in [-0.25, -0.2) is 9.18 Å². The average molecular weight is 366 g/mol. The van der Waals surface area contributed by atoms with Crippen LogP contribution in [0.4, 0.5) is 0 Å². The monoisotopic (exact) mass is 365 g/mol. The molecule has 2 aliphatic rings. The second-order valence-electron chi connectivity index (χ2n) is 6.23. The Kier molecular flexibility index (Phi) is 10.9. The van der Waals surface area contributed by atoms with Crippen LogP contribution < -0.4 is 5.32 Å². The topological polar surface area (TPSA) is 96.8 Å². The van der Waals surface area contributed by atoms with Gasteiger partial charge in [0.25, 0.3) is 0 Å². The van der Waals surface area contributed by atoms with Crippen molar-refractivity contribution in [2.45, 2.75) is 76.3 Å². The van der Waals surface area contributed by atoms with Gasteiger partial charge in [0.1, 0.15) is 12.5 Å². The molecule has 0 unspecified atom stereocenters. The molecule has 0 aliphatic heterocycles. The Morgan fingerprint density at radius 3 is 2.00 bits per heavy atom. The Morgan fingerprint density at radius 1 is 1.04 bits per heavy atom. The summed E-state index contributed by atoms with van der Waals surface area (Å²) in [6, 6.07) is 1.90. The van der Waals surface area contributed by atoms with Gasteiger partial charge in [0.15, 0.2) is 11.2 Å². The molecule has 0 aromatic heterocycles. The van der Waals surface area contributed by atoms with Crippen molar-refractivity contribution in [1.82, 2.24) is 5.32 Å². The van der Waals surface area contributed by atoms with Crippen LogP contribution in [0.1, 0.15) is 64.2 Å². The van der Waals surface area contributed by atoms with Gasteiger partial charge >= 0.3 is 6.02 Å². The predicted molar refractivity (Wildman–Crippen MR) is 94.3 cm³/mol. The van der Waals surface area contributed by atoms with E-state index in [4.69, 9.17) is 22.5 Å². The zero-order valence-electron chi connectivity index (χ0n) is 14.1. The Morgan fingerprint density at radius 2 is 1.52 bits per heavy atom. The Labute approximate surface area is 145 Å². The van der Waals surface area contributed by atoms with E-state index < -0.39 is 11.4 Å². The number of hydrogen-bond acceptors (Lipinski definition) is 5. The molecule has 0 radical (unpaired) electrons. The fraction of sp³-hybridized carbons (Fsp3) is 0.933. The van der Waals surface area contributed by atoms with Crippen LogP contribution in [-0.2, 0) is 26.7 Å². The normalized spacial score (nSPS) is 21.0. The molecule has 0 saturated heterocycles. The lowest BCUT2D eigenvalue weighted by molar-refractivity contribution is 0.387. The molecule has 0 atom stereocenters. The second kappa shape index (κ2) is 12.1. The third-order valence-electron chi connectivity index (χ3n) is 4.05. The van der Waals surface area contributed by atoms with Crippen molar-refractivity contribution in [1.29, 1.82) is 0 Å². The molecule has 2 aliphatic carbocycles. The molecule has 0 spiro atoms. The van der Waals surface area contributed by atoms with E-state index in [1.165, 1.54) is 64.2 Å². The summed E-state index contributed by atoms with van der Waals surface area (Å²) in [7, 11) is 0. The summed E-state index contributed by atoms with van der Waals surface area (Å²) in [5.74, 6) is 0. The van der Waals surface area contributed by atoms with Crippen molar-refractivity contribution in [2.24, 2.45) is 4.99 Å². The summed E-state index contributed by atoms with van der Waals surface area (Å²) in [5, 5.41) is 3.57. The van der Waals surface area contributed by atoms with E-state index in [0.29, 0.717) is 12.1 Å². The maximum Gasteiger partial charge on any atom is 0.345 e. The van der Waals surface area contributed by atoms with E-state index in [2.05, 4.69) is 17.8 Å². The van der Waals surface area contributed by atoms with Gasteiger partial charge in [-0.2, -0.15) is 0 Å². The molecule has 6 nitrogen and oxygen atoms in total. The molecule has 2 rings (SSSR count). The zero-order valence-corrected chi connectivity index (χ0v) is 15.8. The minimum Gasteiger partial charge on any atom is -0.784 e. The van der Waals surface area contributed by atoms with E-state index in [1.807, 2.05) is 0 Å². The van der Waals surface area contributed by atoms with Crippen molar-refractivity contribution >= 4 is 28.6 Å². The van der Waals surface area contributed by atoms with Crippen molar-refractivity contribution < 1.29 is 17.5 Å². The standard InChI is InChI=1S/C15H29N2OS.H2O3S/c1-19(2)18-15(16-13-9-5-3-6-10-13)17-14-11-7-4-8-12-14;1-4(2)3/h13-14H,3-12H2,1-2H3,(H,16,17);(H2,1,2,3)/q+1;/p-2. The maximum absolute atomic E-state index is 8.44. The number of rotatable bonds is 3. The van der Waals surface area contributed by atoms with Gasteiger partial charge in [-0.3, -0.25) is 4.21 Å². The summed E-state index contributed by atoms with van der Waals surface area (Å²) in [6.45, 7) is 0. The second-order valence-corrected chi connectivity index (χ2v) is 8.29. The first-order chi connectivity index (χ1) is 11.0. The molecule has 136 valence electrons. The molecule has 0 aromatic carbocycles. The summed E-state index contributed by atoms with van der Waals surface area (Å²) < 4.78 is 31.3. The third kappa shape index (κ3) is 11.0. The summed E-state index contributed by atoms with van der Waals surface area (Å²) in [5.41, 5.74) is 0. The predicted octanol–water partition coefficient (Wildman–Crippen LogP) is 2.40. The highest BCUT2D eigenvalue weighted by Crippen LogP contribution is 2.21. The van der Waals surface area contributed by atoms with Gasteiger partial charge in [0.05, 0.1) is 6.04 Å². The van der Waals surface area contributed by atoms with Crippen LogP contribution in [0.5, 0.6) is 0 Å². The van der Waals surface area contributed by atoms with E-state index in [9.17, 15) is 0 Å². The number of amidine groups is 1. The number of nitrogens with zero attached hydrogens (tertiary/aromatic N) is 1. The SMILES string of the molecule is C[S+](C)OC(=NC1CCCCC1)NC1CCCCC1.O=S([O-])[O-]. The largest absolute Gasteiger partial charge is 0.784 e. The summed E-state index contributed by atoms with van der Waals surface area (Å²) in [6.07, 6.45) is 17.4. The van der Waals surface area contributed by atoms with E-state index in [-0.39, 0.29) is 11.2 Å². The van der Waals surface area contributed by atoms with Crippen LogP contribution in [0.2, 0.25) is 0 Å². The number of hydrogen-bond donors (Lipinski definition) is 1. The Balaban J connectivity index is 0.000000593. The lowest BCUT2D eigenvalue weighted by atomic mass is 9.95. The number of aliphatic imine (C=N–C) groups is 1. The maximum atomic E-state index is 8.44. The van der Waals surface area contributed by atoms with Crippen LogP contribution in [0.25, 0.3) is 0 Å². The van der Waals surface area contributed by atoms with E-state index in [1.54, 1.807) is 0 Å². The van der Waals surface area contributed by atoms with E-state index >= 15 is 0 Å². The van der Waals surface area contributed by atoms with Gasteiger partial charge < -0.3 is 14.4 Å². The average Bonchev–Trinajstić information content (AvgIpc) is 2.48. The van der Waals surface area contributed by atoms with Gasteiger partial charge in [0, 0.05) is 6.04 Å². The summed E-state index contributed by atoms with van der Waals surface area (Å²) >= 11 is -3.16. The van der Waals surface area contributed by atoms with Crippen LogP contribution >= 0.6 is 0 Å². The van der Waals surface area contributed by atoms with Crippen LogP contribution in [0.15, 0.2) is 4.99 Å². The van der Waals surface area contributed by atoms with Crippen LogP contribution in [0, 0.1) is 0 Å². The molecule has 0 aromatic rings. The molecule has 0 bridgehead atoms. The molecule has 2 saturated carbocycles. The van der Waals surface area contributed by atoms with Gasteiger partial charge in [0.2, 0.25) is 0 Å². The highest BCUT2D eigenvalue weighted by molar-refractivity contribution is 7.91. The lowest BCUT2D eigenvalue weighted by Gasteiger charge is -2.24. The lowest BCUT2D eigenvalue weighted by Crippen LogP contribution is -2.39. The zero-order chi connectivity index (χ0) is 17.1. The minimum atomic E-state index is -3.11. The molecule has 2 fully saturated rings. The highest BCUT2D eigenvalue weighted by Gasteiger charge is 2.21. The smallest absolute Gasteiger partial charge is 0.345 e. The van der Waals surface area contributed by atoms with Crippen molar-refractivity contribution in [3.63, 3.8) is 0 Å². The van der Waals surface area contributed by atoms with Crippen molar-refractivity contribution in [3.8, 4) is 0 Å². The van der Waals surface area contributed by atoms with Gasteiger partial charge in [-0.1, -0.05) is 38.5 Å². The Hall–Kier alpha value is -0.310. The first-order valence-electron chi connectivity index (χ1n) is 8.34. The van der Waals surface area contributed by atoms with Crippen molar-refractivity contribution in [3.05, 3.63) is 0 Å². The minimum absolute atomic E-state index is 0.0476. The molecular formula is C15H29N2O4S2-. The Bertz CT molecular complexity index is 364. The number of nitrogens with one attached hydrogen (secondary N) is 1. The van der Waals surface area contributed by atoms with Gasteiger partial charge in [-0.15, -0.1) is 11.4 Å². The molecule has 1 N–H and O–H groups in total. The van der Waals surface area contributed by atoms with Gasteiger partial charge in [-0.05, 0) is 25.7 Å². The molecule has 8 heteroatoms. The third-order valence-corrected chi connectivity index (χ3v) is 4.54. The highest BCUT2D eigenvalue weighted by atomic mass is 32.2. The quantitative estimate of drug-likeness (QED) is 0.358. The first-order valence-corrected chi connectivity index (χ1v) is 11.3. The van der Waals surface area contributed by atoms with Crippen LogP contribution in [0.3, 0.4) is 0 Å².